The minimum absolute atomic E-state index is 0.241. The molecule has 1 amide bonds. The minimum atomic E-state index is -1.52. The topological polar surface area (TPSA) is 86.6 Å². The zero-order valence-electron chi connectivity index (χ0n) is 6.61. The standard InChI is InChI=1S/C6H11NO4S/c1-12-3-5(9)7-2-4(8)6(10)11/h4,8H,2-3H2,1H3,(H,7,9)(H,10,11)/t4-/m0/s1. The smallest absolute Gasteiger partial charge is 0.334 e. The van der Waals surface area contributed by atoms with Crippen LogP contribution in [0.5, 0.6) is 0 Å². The Balaban J connectivity index is 3.54. The molecule has 0 heterocycles. The number of amides is 1. The van der Waals surface area contributed by atoms with Crippen LogP contribution in [-0.4, -0.2) is 46.7 Å². The molecular formula is C6H11NO4S. The molecule has 70 valence electrons. The summed E-state index contributed by atoms with van der Waals surface area (Å²) in [7, 11) is 0. The normalized spacial score (nSPS) is 12.2. The summed E-state index contributed by atoms with van der Waals surface area (Å²) in [6.07, 6.45) is 0.239. The van der Waals surface area contributed by atoms with E-state index in [1.54, 1.807) is 6.26 Å². The summed E-state index contributed by atoms with van der Waals surface area (Å²) in [6.45, 7) is -0.241. The van der Waals surface area contributed by atoms with E-state index in [4.69, 9.17) is 10.2 Å². The molecule has 3 N–H and O–H groups in total. The summed E-state index contributed by atoms with van der Waals surface area (Å²) >= 11 is 1.33. The number of rotatable bonds is 5. The Kier molecular flexibility index (Phi) is 5.48. The Morgan fingerprint density at radius 1 is 1.58 bits per heavy atom. The number of nitrogens with one attached hydrogen (secondary N) is 1. The zero-order valence-corrected chi connectivity index (χ0v) is 7.43. The molecule has 0 bridgehead atoms. The molecule has 0 aliphatic rings. The molecule has 6 heteroatoms. The largest absolute Gasteiger partial charge is 0.479 e. The monoisotopic (exact) mass is 193 g/mol. The van der Waals surface area contributed by atoms with Crippen molar-refractivity contribution >= 4 is 23.6 Å². The zero-order chi connectivity index (χ0) is 9.56. The number of carboxylic acids is 1. The summed E-state index contributed by atoms with van der Waals surface area (Å²) in [5.41, 5.74) is 0. The van der Waals surface area contributed by atoms with Crippen molar-refractivity contribution in [2.45, 2.75) is 6.10 Å². The molecule has 0 unspecified atom stereocenters. The molecular weight excluding hydrogens is 182 g/mol. The third kappa shape index (κ3) is 4.97. The lowest BCUT2D eigenvalue weighted by Crippen LogP contribution is -2.37. The summed E-state index contributed by atoms with van der Waals surface area (Å²) in [5, 5.41) is 19.2. The van der Waals surface area contributed by atoms with Crippen LogP contribution in [0.1, 0.15) is 0 Å². The van der Waals surface area contributed by atoms with Crippen LogP contribution < -0.4 is 5.32 Å². The highest BCUT2D eigenvalue weighted by Gasteiger charge is 2.13. The molecule has 0 aliphatic carbocycles. The van der Waals surface area contributed by atoms with Gasteiger partial charge in [-0.3, -0.25) is 4.79 Å². The molecule has 0 spiro atoms. The first-order chi connectivity index (χ1) is 5.57. The van der Waals surface area contributed by atoms with Crippen molar-refractivity contribution in [1.82, 2.24) is 5.32 Å². The molecule has 0 rings (SSSR count). The molecule has 0 aromatic heterocycles. The summed E-state index contributed by atoms with van der Waals surface area (Å²) < 4.78 is 0. The van der Waals surface area contributed by atoms with Gasteiger partial charge in [0, 0.05) is 0 Å². The fraction of sp³-hybridized carbons (Fsp3) is 0.667. The molecule has 1 atom stereocenters. The Labute approximate surface area is 74.1 Å². The number of hydrogen-bond donors (Lipinski definition) is 3. The second-order valence-electron chi connectivity index (χ2n) is 2.09. The predicted molar refractivity (Wildman–Crippen MR) is 45.0 cm³/mol. The molecule has 0 fully saturated rings. The first-order valence-corrected chi connectivity index (χ1v) is 4.63. The van der Waals surface area contributed by atoms with Crippen LogP contribution in [0.2, 0.25) is 0 Å². The van der Waals surface area contributed by atoms with Gasteiger partial charge in [-0.1, -0.05) is 0 Å². The van der Waals surface area contributed by atoms with Crippen molar-refractivity contribution in [3.63, 3.8) is 0 Å². The van der Waals surface area contributed by atoms with Crippen molar-refractivity contribution in [3.05, 3.63) is 0 Å². The third-order valence-electron chi connectivity index (χ3n) is 1.05. The number of aliphatic hydroxyl groups excluding tert-OH is 1. The van der Waals surface area contributed by atoms with E-state index in [1.807, 2.05) is 0 Å². The van der Waals surface area contributed by atoms with E-state index < -0.39 is 12.1 Å². The quantitative estimate of drug-likeness (QED) is 0.516. The third-order valence-corrected chi connectivity index (χ3v) is 1.60. The molecule has 12 heavy (non-hydrogen) atoms. The number of carboxylic acid groups (broad SMARTS) is 1. The maximum Gasteiger partial charge on any atom is 0.334 e. The number of carbonyl (C=O) groups is 2. The van der Waals surface area contributed by atoms with E-state index >= 15 is 0 Å². The Bertz CT molecular complexity index is 173. The number of aliphatic hydroxyl groups is 1. The van der Waals surface area contributed by atoms with Crippen molar-refractivity contribution in [1.29, 1.82) is 0 Å². The van der Waals surface area contributed by atoms with Crippen LogP contribution in [0, 0.1) is 0 Å². The van der Waals surface area contributed by atoms with Crippen LogP contribution in [-0.2, 0) is 9.59 Å². The van der Waals surface area contributed by atoms with Crippen LogP contribution in [0.4, 0.5) is 0 Å². The second kappa shape index (κ2) is 5.84. The van der Waals surface area contributed by atoms with Gasteiger partial charge in [0.25, 0.3) is 0 Å². The van der Waals surface area contributed by atoms with Gasteiger partial charge in [-0.2, -0.15) is 11.8 Å². The van der Waals surface area contributed by atoms with Crippen molar-refractivity contribution < 1.29 is 19.8 Å². The van der Waals surface area contributed by atoms with E-state index in [0.29, 0.717) is 0 Å². The van der Waals surface area contributed by atoms with Crippen molar-refractivity contribution in [2.75, 3.05) is 18.6 Å². The van der Waals surface area contributed by atoms with Gasteiger partial charge in [0.2, 0.25) is 5.91 Å². The summed E-state index contributed by atoms with van der Waals surface area (Å²) in [4.78, 5) is 20.8. The van der Waals surface area contributed by atoms with E-state index in [-0.39, 0.29) is 18.2 Å². The lowest BCUT2D eigenvalue weighted by atomic mass is 10.3. The van der Waals surface area contributed by atoms with Gasteiger partial charge in [-0.05, 0) is 6.26 Å². The average molecular weight is 193 g/mol. The van der Waals surface area contributed by atoms with Crippen molar-refractivity contribution in [3.8, 4) is 0 Å². The highest BCUT2D eigenvalue weighted by Crippen LogP contribution is 1.89. The van der Waals surface area contributed by atoms with Gasteiger partial charge in [0.15, 0.2) is 6.10 Å². The molecule has 0 saturated carbocycles. The minimum Gasteiger partial charge on any atom is -0.479 e. The maximum atomic E-state index is 10.7. The van der Waals surface area contributed by atoms with Crippen LogP contribution >= 0.6 is 11.8 Å². The predicted octanol–water partition coefficient (Wildman–Crippen LogP) is -1.09. The fourth-order valence-corrected chi connectivity index (χ4v) is 0.844. The van der Waals surface area contributed by atoms with Gasteiger partial charge in [0.05, 0.1) is 12.3 Å². The van der Waals surface area contributed by atoms with E-state index in [1.165, 1.54) is 11.8 Å². The average Bonchev–Trinajstić information content (AvgIpc) is 2.00. The van der Waals surface area contributed by atoms with Gasteiger partial charge < -0.3 is 15.5 Å². The first-order valence-electron chi connectivity index (χ1n) is 3.24. The number of thioether (sulfide) groups is 1. The first kappa shape index (κ1) is 11.2. The Hall–Kier alpha value is -0.750. The summed E-state index contributed by atoms with van der Waals surface area (Å²) in [6, 6.07) is 0. The van der Waals surface area contributed by atoms with Gasteiger partial charge in [-0.25, -0.2) is 4.79 Å². The van der Waals surface area contributed by atoms with E-state index in [0.717, 1.165) is 0 Å². The number of hydrogen-bond acceptors (Lipinski definition) is 4. The van der Waals surface area contributed by atoms with Crippen LogP contribution in [0.3, 0.4) is 0 Å². The van der Waals surface area contributed by atoms with Crippen LogP contribution in [0.15, 0.2) is 0 Å². The molecule has 5 nitrogen and oxygen atoms in total. The number of aliphatic carboxylic acids is 1. The highest BCUT2D eigenvalue weighted by atomic mass is 32.2. The Morgan fingerprint density at radius 2 is 2.17 bits per heavy atom. The van der Waals surface area contributed by atoms with Crippen LogP contribution in [0.25, 0.3) is 0 Å². The molecule has 0 saturated heterocycles. The molecule has 0 radical (unpaired) electrons. The summed E-state index contributed by atoms with van der Waals surface area (Å²) in [5.74, 6) is -1.34. The van der Waals surface area contributed by atoms with Gasteiger partial charge >= 0.3 is 5.97 Å². The maximum absolute atomic E-state index is 10.7. The Morgan fingerprint density at radius 3 is 2.58 bits per heavy atom. The molecule has 0 aliphatic heterocycles. The SMILES string of the molecule is CSCC(=O)NC[C@H](O)C(=O)O. The fourth-order valence-electron chi connectivity index (χ4n) is 0.480. The van der Waals surface area contributed by atoms with Crippen molar-refractivity contribution in [2.24, 2.45) is 0 Å². The van der Waals surface area contributed by atoms with E-state index in [2.05, 4.69) is 5.32 Å². The molecule has 0 aromatic carbocycles. The highest BCUT2D eigenvalue weighted by molar-refractivity contribution is 7.99. The van der Waals surface area contributed by atoms with Gasteiger partial charge in [-0.15, -0.1) is 0 Å². The van der Waals surface area contributed by atoms with E-state index in [9.17, 15) is 9.59 Å². The molecule has 0 aromatic rings. The number of carbonyl (C=O) groups excluding carboxylic acids is 1. The lowest BCUT2D eigenvalue weighted by Gasteiger charge is -2.06. The second-order valence-corrected chi connectivity index (χ2v) is 2.96. The van der Waals surface area contributed by atoms with Gasteiger partial charge in [0.1, 0.15) is 0 Å². The lowest BCUT2D eigenvalue weighted by molar-refractivity contribution is -0.146.